The van der Waals surface area contributed by atoms with Gasteiger partial charge < -0.3 is 10.1 Å². The van der Waals surface area contributed by atoms with Crippen LogP contribution >= 0.6 is 0 Å². The van der Waals surface area contributed by atoms with Crippen LogP contribution < -0.4 is 5.32 Å². The summed E-state index contributed by atoms with van der Waals surface area (Å²) >= 11 is 0. The van der Waals surface area contributed by atoms with Crippen molar-refractivity contribution in [3.05, 3.63) is 12.2 Å². The highest BCUT2D eigenvalue weighted by Gasteiger charge is 1.93. The lowest BCUT2D eigenvalue weighted by atomic mass is 10.2. The minimum absolute atomic E-state index is 0.735. The molecule has 0 unspecified atom stereocenters. The fraction of sp³-hybridized carbons (Fsp3) is 0.833. The molecule has 0 amide bonds. The molecule has 0 atom stereocenters. The molecular formula is C12H25NO. The Morgan fingerprint density at radius 3 is 2.64 bits per heavy atom. The van der Waals surface area contributed by atoms with Gasteiger partial charge in [-0.15, -0.1) is 6.58 Å². The largest absolute Gasteiger partial charge is 0.381 e. The van der Waals surface area contributed by atoms with Crippen LogP contribution in [0.15, 0.2) is 12.2 Å². The first kappa shape index (κ1) is 13.7. The zero-order valence-electron chi connectivity index (χ0n) is 9.94. The fourth-order valence-electron chi connectivity index (χ4n) is 1.04. The van der Waals surface area contributed by atoms with Gasteiger partial charge in [0.1, 0.15) is 0 Å². The predicted molar refractivity (Wildman–Crippen MR) is 62.6 cm³/mol. The maximum absolute atomic E-state index is 5.45. The smallest absolute Gasteiger partial charge is 0.0502 e. The van der Waals surface area contributed by atoms with Crippen molar-refractivity contribution in [2.45, 2.75) is 33.6 Å². The van der Waals surface area contributed by atoms with E-state index in [0.717, 1.165) is 45.1 Å². The zero-order valence-corrected chi connectivity index (χ0v) is 9.94. The van der Waals surface area contributed by atoms with Gasteiger partial charge >= 0.3 is 0 Å². The van der Waals surface area contributed by atoms with Gasteiger partial charge in [-0.05, 0) is 38.8 Å². The summed E-state index contributed by atoms with van der Waals surface area (Å²) in [4.78, 5) is 0. The van der Waals surface area contributed by atoms with Gasteiger partial charge in [0.25, 0.3) is 0 Å². The highest BCUT2D eigenvalue weighted by molar-refractivity contribution is 4.86. The first-order valence-electron chi connectivity index (χ1n) is 5.55. The Morgan fingerprint density at radius 2 is 2.07 bits per heavy atom. The Balaban J connectivity index is 2.96. The van der Waals surface area contributed by atoms with Gasteiger partial charge in [-0.25, -0.2) is 0 Å². The molecule has 0 fully saturated rings. The number of ether oxygens (including phenoxy) is 1. The maximum Gasteiger partial charge on any atom is 0.0502 e. The van der Waals surface area contributed by atoms with Crippen LogP contribution in [-0.4, -0.2) is 26.3 Å². The molecule has 0 saturated heterocycles. The van der Waals surface area contributed by atoms with Gasteiger partial charge in [0.05, 0.1) is 6.61 Å². The third-order valence-electron chi connectivity index (χ3n) is 1.87. The second-order valence-electron chi connectivity index (χ2n) is 4.27. The maximum atomic E-state index is 5.45. The lowest BCUT2D eigenvalue weighted by Gasteiger charge is -2.07. The topological polar surface area (TPSA) is 21.3 Å². The van der Waals surface area contributed by atoms with E-state index in [1.165, 1.54) is 5.57 Å². The molecule has 14 heavy (non-hydrogen) atoms. The van der Waals surface area contributed by atoms with Crippen molar-refractivity contribution in [2.75, 3.05) is 26.3 Å². The first-order valence-corrected chi connectivity index (χ1v) is 5.55. The van der Waals surface area contributed by atoms with Crippen molar-refractivity contribution < 1.29 is 4.74 Å². The molecule has 0 aliphatic rings. The molecule has 2 nitrogen and oxygen atoms in total. The zero-order chi connectivity index (χ0) is 10.8. The van der Waals surface area contributed by atoms with Gasteiger partial charge in [-0.3, -0.25) is 0 Å². The summed E-state index contributed by atoms with van der Waals surface area (Å²) < 4.78 is 5.45. The van der Waals surface area contributed by atoms with Crippen molar-refractivity contribution in [1.82, 2.24) is 5.32 Å². The molecule has 0 bridgehead atoms. The summed E-state index contributed by atoms with van der Waals surface area (Å²) in [5.74, 6) is 0.735. The lowest BCUT2D eigenvalue weighted by Crippen LogP contribution is -2.21. The van der Waals surface area contributed by atoms with Crippen LogP contribution in [-0.2, 0) is 4.74 Å². The van der Waals surface area contributed by atoms with E-state index in [0.29, 0.717) is 0 Å². The molecule has 0 radical (unpaired) electrons. The average molecular weight is 199 g/mol. The Bertz CT molecular complexity index is 143. The van der Waals surface area contributed by atoms with Crippen LogP contribution in [0.25, 0.3) is 0 Å². The molecule has 0 rings (SSSR count). The Hall–Kier alpha value is -0.340. The van der Waals surface area contributed by atoms with E-state index < -0.39 is 0 Å². The molecule has 0 heterocycles. The van der Waals surface area contributed by atoms with Gasteiger partial charge in [0, 0.05) is 6.61 Å². The lowest BCUT2D eigenvalue weighted by molar-refractivity contribution is 0.134. The van der Waals surface area contributed by atoms with E-state index in [2.05, 4.69) is 25.7 Å². The summed E-state index contributed by atoms with van der Waals surface area (Å²) in [6.45, 7) is 14.1. The first-order chi connectivity index (χ1) is 6.63. The van der Waals surface area contributed by atoms with Crippen molar-refractivity contribution in [3.63, 3.8) is 0 Å². The molecule has 0 aromatic rings. The van der Waals surface area contributed by atoms with Gasteiger partial charge in [0.15, 0.2) is 0 Å². The minimum Gasteiger partial charge on any atom is -0.381 e. The summed E-state index contributed by atoms with van der Waals surface area (Å²) in [5, 5.41) is 3.39. The van der Waals surface area contributed by atoms with E-state index in [1.54, 1.807) is 0 Å². The van der Waals surface area contributed by atoms with Crippen LogP contribution in [0.1, 0.15) is 33.6 Å². The molecule has 84 valence electrons. The normalized spacial score (nSPS) is 10.9. The number of hydrogen-bond donors (Lipinski definition) is 1. The van der Waals surface area contributed by atoms with E-state index in [-0.39, 0.29) is 0 Å². The summed E-state index contributed by atoms with van der Waals surface area (Å²) in [7, 11) is 0. The molecule has 0 aromatic carbocycles. The Kier molecular flexibility index (Phi) is 9.00. The second kappa shape index (κ2) is 9.22. The van der Waals surface area contributed by atoms with Crippen LogP contribution in [0, 0.1) is 5.92 Å². The van der Waals surface area contributed by atoms with Gasteiger partial charge in [0.2, 0.25) is 0 Å². The minimum atomic E-state index is 0.735. The Labute approximate surface area is 88.7 Å². The number of nitrogens with one attached hydrogen (secondary N) is 1. The molecule has 0 aliphatic carbocycles. The number of rotatable bonds is 9. The van der Waals surface area contributed by atoms with Crippen molar-refractivity contribution in [2.24, 2.45) is 5.92 Å². The van der Waals surface area contributed by atoms with Gasteiger partial charge in [-0.2, -0.15) is 0 Å². The van der Waals surface area contributed by atoms with Crippen molar-refractivity contribution >= 4 is 0 Å². The highest BCUT2D eigenvalue weighted by atomic mass is 16.5. The average Bonchev–Trinajstić information content (AvgIpc) is 2.08. The summed E-state index contributed by atoms with van der Waals surface area (Å²) in [6, 6.07) is 0. The molecular weight excluding hydrogens is 174 g/mol. The monoisotopic (exact) mass is 199 g/mol. The SMILES string of the molecule is C=C(C)CCOCCCNCC(C)C. The highest BCUT2D eigenvalue weighted by Crippen LogP contribution is 1.95. The van der Waals surface area contributed by atoms with E-state index in [9.17, 15) is 0 Å². The molecule has 0 saturated carbocycles. The standard InChI is InChI=1S/C12H25NO/c1-11(2)6-9-14-8-5-7-13-10-12(3)4/h12-13H,1,5-10H2,2-4H3. The van der Waals surface area contributed by atoms with Crippen LogP contribution in [0.4, 0.5) is 0 Å². The number of hydrogen-bond acceptors (Lipinski definition) is 2. The van der Waals surface area contributed by atoms with Crippen LogP contribution in [0.3, 0.4) is 0 Å². The third kappa shape index (κ3) is 11.7. The van der Waals surface area contributed by atoms with E-state index in [4.69, 9.17) is 4.74 Å². The molecule has 0 aliphatic heterocycles. The quantitative estimate of drug-likeness (QED) is 0.455. The van der Waals surface area contributed by atoms with Crippen molar-refractivity contribution in [1.29, 1.82) is 0 Å². The molecule has 0 aromatic heterocycles. The van der Waals surface area contributed by atoms with Crippen LogP contribution in [0.5, 0.6) is 0 Å². The van der Waals surface area contributed by atoms with E-state index >= 15 is 0 Å². The van der Waals surface area contributed by atoms with E-state index in [1.807, 2.05) is 6.92 Å². The second-order valence-corrected chi connectivity index (χ2v) is 4.27. The van der Waals surface area contributed by atoms with Crippen molar-refractivity contribution in [3.8, 4) is 0 Å². The van der Waals surface area contributed by atoms with Crippen LogP contribution in [0.2, 0.25) is 0 Å². The summed E-state index contributed by atoms with van der Waals surface area (Å²) in [5.41, 5.74) is 1.20. The molecule has 2 heteroatoms. The predicted octanol–water partition coefficient (Wildman–Crippen LogP) is 2.60. The third-order valence-corrected chi connectivity index (χ3v) is 1.87. The van der Waals surface area contributed by atoms with Gasteiger partial charge in [-0.1, -0.05) is 19.4 Å². The Morgan fingerprint density at radius 1 is 1.36 bits per heavy atom. The molecule has 0 spiro atoms. The molecule has 1 N–H and O–H groups in total. The summed E-state index contributed by atoms with van der Waals surface area (Å²) in [6.07, 6.45) is 2.09. The fourth-order valence-corrected chi connectivity index (χ4v) is 1.04.